The van der Waals surface area contributed by atoms with Crippen molar-refractivity contribution in [3.63, 3.8) is 0 Å². The highest BCUT2D eigenvalue weighted by Gasteiger charge is 2.11. The molecular formula is C16H19N5. The molecule has 5 nitrogen and oxygen atoms in total. The highest BCUT2D eigenvalue weighted by molar-refractivity contribution is 5.42. The molecule has 0 aliphatic rings. The van der Waals surface area contributed by atoms with Gasteiger partial charge in [-0.3, -0.25) is 4.68 Å². The number of hydrogen-bond acceptors (Lipinski definition) is 3. The zero-order valence-corrected chi connectivity index (χ0v) is 12.3. The van der Waals surface area contributed by atoms with Crippen LogP contribution in [0.5, 0.6) is 0 Å². The number of benzene rings is 1. The van der Waals surface area contributed by atoms with Gasteiger partial charge in [0.25, 0.3) is 0 Å². The van der Waals surface area contributed by atoms with Crippen molar-refractivity contribution in [3.05, 3.63) is 66.2 Å². The van der Waals surface area contributed by atoms with Gasteiger partial charge in [0.15, 0.2) is 0 Å². The lowest BCUT2D eigenvalue weighted by Gasteiger charge is -2.17. The van der Waals surface area contributed by atoms with E-state index in [0.29, 0.717) is 0 Å². The SMILES string of the molecule is CC(NCc1cnn(C)c1)c1ccccc1-n1cccn1. The minimum absolute atomic E-state index is 0.227. The fourth-order valence-electron chi connectivity index (χ4n) is 2.42. The van der Waals surface area contributed by atoms with Crippen LogP contribution < -0.4 is 5.32 Å². The summed E-state index contributed by atoms with van der Waals surface area (Å²) in [6.07, 6.45) is 7.68. The molecule has 3 rings (SSSR count). The van der Waals surface area contributed by atoms with Gasteiger partial charge in [0.1, 0.15) is 0 Å². The standard InChI is InChI=1S/C16H19N5/c1-13(17-10-14-11-19-20(2)12-14)15-6-3-4-7-16(15)21-9-5-8-18-21/h3-9,11-13,17H,10H2,1-2H3. The van der Waals surface area contributed by atoms with E-state index in [0.717, 1.165) is 12.2 Å². The maximum Gasteiger partial charge on any atom is 0.0693 e. The van der Waals surface area contributed by atoms with Gasteiger partial charge in [-0.2, -0.15) is 10.2 Å². The van der Waals surface area contributed by atoms with Crippen molar-refractivity contribution in [2.45, 2.75) is 19.5 Å². The Labute approximate surface area is 124 Å². The van der Waals surface area contributed by atoms with Gasteiger partial charge in [-0.15, -0.1) is 0 Å². The maximum absolute atomic E-state index is 4.33. The molecule has 21 heavy (non-hydrogen) atoms. The van der Waals surface area contributed by atoms with E-state index >= 15 is 0 Å². The molecule has 108 valence electrons. The lowest BCUT2D eigenvalue weighted by molar-refractivity contribution is 0.570. The van der Waals surface area contributed by atoms with Crippen LogP contribution in [0.25, 0.3) is 5.69 Å². The number of aryl methyl sites for hydroxylation is 1. The summed E-state index contributed by atoms with van der Waals surface area (Å²) in [6, 6.07) is 10.5. The average molecular weight is 281 g/mol. The first-order valence-electron chi connectivity index (χ1n) is 7.04. The summed E-state index contributed by atoms with van der Waals surface area (Å²) in [6.45, 7) is 2.96. The van der Waals surface area contributed by atoms with Gasteiger partial charge in [0, 0.05) is 43.8 Å². The number of nitrogens with one attached hydrogen (secondary N) is 1. The Bertz CT molecular complexity index is 699. The lowest BCUT2D eigenvalue weighted by atomic mass is 10.1. The highest BCUT2D eigenvalue weighted by Crippen LogP contribution is 2.21. The fourth-order valence-corrected chi connectivity index (χ4v) is 2.42. The Morgan fingerprint density at radius 2 is 2.05 bits per heavy atom. The maximum atomic E-state index is 4.33. The van der Waals surface area contributed by atoms with Crippen molar-refractivity contribution < 1.29 is 0 Å². The quantitative estimate of drug-likeness (QED) is 0.781. The Hall–Kier alpha value is -2.40. The van der Waals surface area contributed by atoms with Crippen LogP contribution in [0.4, 0.5) is 0 Å². The molecule has 2 aromatic heterocycles. The monoisotopic (exact) mass is 281 g/mol. The predicted molar refractivity (Wildman–Crippen MR) is 82.0 cm³/mol. The van der Waals surface area contributed by atoms with Crippen LogP contribution >= 0.6 is 0 Å². The molecule has 5 heteroatoms. The normalized spacial score (nSPS) is 12.5. The molecule has 0 saturated carbocycles. The van der Waals surface area contributed by atoms with Crippen molar-refractivity contribution in [2.75, 3.05) is 0 Å². The third kappa shape index (κ3) is 3.03. The molecule has 0 fully saturated rings. The molecule has 1 atom stereocenters. The first kappa shape index (κ1) is 13.6. The number of nitrogens with zero attached hydrogens (tertiary/aromatic N) is 4. The molecule has 1 N–H and O–H groups in total. The number of aromatic nitrogens is 4. The molecule has 1 unspecified atom stereocenters. The predicted octanol–water partition coefficient (Wildman–Crippen LogP) is 2.46. The summed E-state index contributed by atoms with van der Waals surface area (Å²) in [4.78, 5) is 0. The van der Waals surface area contributed by atoms with Gasteiger partial charge in [-0.1, -0.05) is 18.2 Å². The van der Waals surface area contributed by atoms with Crippen molar-refractivity contribution >= 4 is 0 Å². The molecule has 0 spiro atoms. The minimum Gasteiger partial charge on any atom is -0.306 e. The zero-order chi connectivity index (χ0) is 14.7. The van der Waals surface area contributed by atoms with Gasteiger partial charge in [-0.25, -0.2) is 4.68 Å². The topological polar surface area (TPSA) is 47.7 Å². The molecule has 0 radical (unpaired) electrons. The molecule has 1 aromatic carbocycles. The Kier molecular flexibility index (Phi) is 3.83. The van der Waals surface area contributed by atoms with E-state index in [1.807, 2.05) is 47.1 Å². The van der Waals surface area contributed by atoms with Gasteiger partial charge in [-0.05, 0) is 24.6 Å². The van der Waals surface area contributed by atoms with E-state index < -0.39 is 0 Å². The van der Waals surface area contributed by atoms with E-state index in [4.69, 9.17) is 0 Å². The highest BCUT2D eigenvalue weighted by atomic mass is 15.3. The molecule has 2 heterocycles. The largest absolute Gasteiger partial charge is 0.306 e. The molecule has 3 aromatic rings. The van der Waals surface area contributed by atoms with E-state index in [1.54, 1.807) is 6.20 Å². The fraction of sp³-hybridized carbons (Fsp3) is 0.250. The first-order valence-corrected chi connectivity index (χ1v) is 7.04. The van der Waals surface area contributed by atoms with E-state index in [1.165, 1.54) is 11.1 Å². The third-order valence-corrected chi connectivity index (χ3v) is 3.53. The summed E-state index contributed by atoms with van der Waals surface area (Å²) in [7, 11) is 1.93. The number of para-hydroxylation sites is 1. The Balaban J connectivity index is 1.77. The molecular weight excluding hydrogens is 262 g/mol. The minimum atomic E-state index is 0.227. The van der Waals surface area contributed by atoms with Crippen LogP contribution in [0.3, 0.4) is 0 Å². The summed E-state index contributed by atoms with van der Waals surface area (Å²) >= 11 is 0. The van der Waals surface area contributed by atoms with Crippen LogP contribution in [-0.4, -0.2) is 19.6 Å². The first-order chi connectivity index (χ1) is 10.2. The van der Waals surface area contributed by atoms with Crippen molar-refractivity contribution in [1.29, 1.82) is 0 Å². The molecule has 0 saturated heterocycles. The second kappa shape index (κ2) is 5.93. The van der Waals surface area contributed by atoms with Gasteiger partial charge < -0.3 is 5.32 Å². The third-order valence-electron chi connectivity index (χ3n) is 3.53. The van der Waals surface area contributed by atoms with Crippen LogP contribution in [0.2, 0.25) is 0 Å². The van der Waals surface area contributed by atoms with E-state index in [2.05, 4.69) is 40.6 Å². The lowest BCUT2D eigenvalue weighted by Crippen LogP contribution is -2.19. The van der Waals surface area contributed by atoms with E-state index in [-0.39, 0.29) is 6.04 Å². The second-order valence-electron chi connectivity index (χ2n) is 5.13. The zero-order valence-electron chi connectivity index (χ0n) is 12.3. The van der Waals surface area contributed by atoms with Crippen molar-refractivity contribution in [1.82, 2.24) is 24.9 Å². The molecule has 0 aliphatic carbocycles. The number of hydrogen-bond donors (Lipinski definition) is 1. The smallest absolute Gasteiger partial charge is 0.0693 e. The van der Waals surface area contributed by atoms with Crippen molar-refractivity contribution in [2.24, 2.45) is 7.05 Å². The van der Waals surface area contributed by atoms with Crippen LogP contribution in [0.15, 0.2) is 55.1 Å². The Morgan fingerprint density at radius 1 is 1.19 bits per heavy atom. The Morgan fingerprint density at radius 3 is 2.76 bits per heavy atom. The molecule has 0 bridgehead atoms. The number of rotatable bonds is 5. The molecule has 0 aliphatic heterocycles. The van der Waals surface area contributed by atoms with Gasteiger partial charge in [0.2, 0.25) is 0 Å². The van der Waals surface area contributed by atoms with Gasteiger partial charge in [0.05, 0.1) is 11.9 Å². The summed E-state index contributed by atoms with van der Waals surface area (Å²) in [5.74, 6) is 0. The molecule has 0 amide bonds. The van der Waals surface area contributed by atoms with Crippen molar-refractivity contribution in [3.8, 4) is 5.69 Å². The van der Waals surface area contributed by atoms with Crippen LogP contribution in [-0.2, 0) is 13.6 Å². The summed E-state index contributed by atoms with van der Waals surface area (Å²) in [5, 5.41) is 12.1. The van der Waals surface area contributed by atoms with E-state index in [9.17, 15) is 0 Å². The summed E-state index contributed by atoms with van der Waals surface area (Å²) in [5.41, 5.74) is 3.51. The summed E-state index contributed by atoms with van der Waals surface area (Å²) < 4.78 is 3.72. The van der Waals surface area contributed by atoms with Gasteiger partial charge >= 0.3 is 0 Å². The van der Waals surface area contributed by atoms with Crippen LogP contribution in [0, 0.1) is 0 Å². The average Bonchev–Trinajstić information content (AvgIpc) is 3.16. The van der Waals surface area contributed by atoms with Crippen LogP contribution in [0.1, 0.15) is 24.1 Å². The second-order valence-corrected chi connectivity index (χ2v) is 5.13.